The third-order valence-electron chi connectivity index (χ3n) is 7.36. The third-order valence-corrected chi connectivity index (χ3v) is 8.61. The maximum absolute atomic E-state index is 11.6. The Hall–Kier alpha value is -0.380. The second-order valence-electron chi connectivity index (χ2n) is 9.73. The highest BCUT2D eigenvalue weighted by molar-refractivity contribution is 8.01. The van der Waals surface area contributed by atoms with Crippen molar-refractivity contribution in [1.82, 2.24) is 16.0 Å². The second-order valence-corrected chi connectivity index (χ2v) is 11.2. The molecule has 2 saturated heterocycles. The minimum Gasteiger partial charge on any atom is -0.390 e. The minimum absolute atomic E-state index is 0.0490. The molecular weight excluding hydrogens is 452 g/mol. The molecule has 3 heterocycles. The lowest BCUT2D eigenvalue weighted by Gasteiger charge is -2.60. The van der Waals surface area contributed by atoms with Crippen LogP contribution in [0.1, 0.15) is 26.7 Å². The zero-order chi connectivity index (χ0) is 24.0. The van der Waals surface area contributed by atoms with E-state index in [1.54, 1.807) is 32.8 Å². The van der Waals surface area contributed by atoms with E-state index in [9.17, 15) is 20.4 Å². The molecule has 0 aromatic carbocycles. The normalized spacial score (nSPS) is 51.9. The fourth-order valence-electron chi connectivity index (χ4n) is 5.47. The minimum atomic E-state index is -2.20. The van der Waals surface area contributed by atoms with Crippen molar-refractivity contribution in [2.45, 2.75) is 91.8 Å². The summed E-state index contributed by atoms with van der Waals surface area (Å²) in [6, 6.07) is -1.33. The van der Waals surface area contributed by atoms with Gasteiger partial charge in [0, 0.05) is 24.9 Å². The summed E-state index contributed by atoms with van der Waals surface area (Å²) in [5.74, 6) is -1.30. The molecule has 190 valence electrons. The molecule has 0 radical (unpaired) electrons. The molecule has 11 nitrogen and oxygen atoms in total. The Bertz CT molecular complexity index is 737. The fraction of sp³-hybridized carbons (Fsp3) is 0.952. The van der Waals surface area contributed by atoms with Gasteiger partial charge in [-0.05, 0) is 40.9 Å². The molecule has 0 amide bonds. The molecule has 0 spiro atoms. The molecule has 4 aliphatic rings. The van der Waals surface area contributed by atoms with E-state index in [-0.39, 0.29) is 17.8 Å². The van der Waals surface area contributed by atoms with Gasteiger partial charge in [-0.1, -0.05) is 0 Å². The van der Waals surface area contributed by atoms with Crippen molar-refractivity contribution in [2.75, 3.05) is 32.9 Å². The van der Waals surface area contributed by atoms with Crippen LogP contribution in [0.4, 0.5) is 0 Å². The summed E-state index contributed by atoms with van der Waals surface area (Å²) >= 11 is 1.77. The Morgan fingerprint density at radius 1 is 1.09 bits per heavy atom. The van der Waals surface area contributed by atoms with Crippen LogP contribution in [0.25, 0.3) is 0 Å². The van der Waals surface area contributed by atoms with Crippen molar-refractivity contribution >= 4 is 18.0 Å². The number of fused-ring (bicyclic) bond motifs is 2. The van der Waals surface area contributed by atoms with Crippen LogP contribution in [0.2, 0.25) is 0 Å². The lowest BCUT2D eigenvalue weighted by atomic mass is 9.77. The van der Waals surface area contributed by atoms with Crippen LogP contribution in [0.3, 0.4) is 0 Å². The van der Waals surface area contributed by atoms with Crippen LogP contribution < -0.4 is 16.0 Å². The average molecular weight is 491 g/mol. The van der Waals surface area contributed by atoms with Crippen LogP contribution >= 0.6 is 11.8 Å². The molecule has 0 bridgehead atoms. The van der Waals surface area contributed by atoms with E-state index in [4.69, 9.17) is 14.2 Å². The van der Waals surface area contributed by atoms with Gasteiger partial charge in [-0.2, -0.15) is 0 Å². The molecule has 3 aliphatic heterocycles. The van der Waals surface area contributed by atoms with Crippen molar-refractivity contribution in [3.05, 3.63) is 0 Å². The zero-order valence-electron chi connectivity index (χ0n) is 19.6. The van der Waals surface area contributed by atoms with E-state index in [1.165, 1.54) is 0 Å². The maximum atomic E-state index is 11.6. The van der Waals surface area contributed by atoms with Gasteiger partial charge < -0.3 is 50.6 Å². The van der Waals surface area contributed by atoms with Gasteiger partial charge in [0.25, 0.3) is 0 Å². The SMILES string of the molecule is CNC1C(O)C(NC)C2OC3(O)C(OC(C)CC3(O)CNCCC3(C)N=CCS3)OC2C1O. The topological polar surface area (TPSA) is 157 Å². The molecule has 1 aliphatic carbocycles. The quantitative estimate of drug-likeness (QED) is 0.193. The largest absolute Gasteiger partial charge is 0.390 e. The molecule has 7 N–H and O–H groups in total. The Labute approximate surface area is 198 Å². The first-order valence-corrected chi connectivity index (χ1v) is 12.6. The number of hydrogen-bond acceptors (Lipinski definition) is 12. The lowest BCUT2D eigenvalue weighted by molar-refractivity contribution is -0.482. The standard InChI is InChI=1S/C21H38N4O7S/c1-11-9-20(28,10-24-6-5-19(2)25-7-8-33-19)21(29)18(30-11)31-17-15(27)12(22-3)14(26)13(23-4)16(17)32-21/h7,11-18,22-24,26-29H,5-6,8-10H2,1-4H3. The van der Waals surface area contributed by atoms with E-state index >= 15 is 0 Å². The van der Waals surface area contributed by atoms with Gasteiger partial charge in [-0.3, -0.25) is 4.99 Å². The molecular formula is C21H38N4O7S. The number of thioether (sulfide) groups is 1. The predicted octanol–water partition coefficient (Wildman–Crippen LogP) is -2.25. The van der Waals surface area contributed by atoms with Crippen LogP contribution in [0, 0.1) is 0 Å². The van der Waals surface area contributed by atoms with Crippen molar-refractivity contribution in [2.24, 2.45) is 4.99 Å². The summed E-state index contributed by atoms with van der Waals surface area (Å²) in [5, 5.41) is 54.1. The molecule has 11 atom stereocenters. The van der Waals surface area contributed by atoms with Crippen LogP contribution in [0.15, 0.2) is 4.99 Å². The average Bonchev–Trinajstić information content (AvgIpc) is 3.19. The highest BCUT2D eigenvalue weighted by atomic mass is 32.2. The summed E-state index contributed by atoms with van der Waals surface area (Å²) in [7, 11) is 3.30. The van der Waals surface area contributed by atoms with Crippen molar-refractivity contribution in [3.63, 3.8) is 0 Å². The lowest BCUT2D eigenvalue weighted by Crippen LogP contribution is -2.81. The van der Waals surface area contributed by atoms with Crippen molar-refractivity contribution < 1.29 is 34.6 Å². The number of ether oxygens (including phenoxy) is 3. The first kappa shape index (κ1) is 25.7. The highest BCUT2D eigenvalue weighted by Gasteiger charge is 2.68. The molecule has 3 fully saturated rings. The van der Waals surface area contributed by atoms with E-state index in [0.29, 0.717) is 6.54 Å². The number of likely N-dealkylation sites (N-methyl/N-ethyl adjacent to an activating group) is 2. The number of aliphatic hydroxyl groups excluding tert-OH is 2. The van der Waals surface area contributed by atoms with Gasteiger partial charge in [-0.25, -0.2) is 0 Å². The van der Waals surface area contributed by atoms with E-state index in [2.05, 4.69) is 27.9 Å². The number of aliphatic imine (C=N–C) groups is 1. The third kappa shape index (κ3) is 4.49. The zero-order valence-corrected chi connectivity index (χ0v) is 20.4. The molecule has 4 rings (SSSR count). The second kappa shape index (κ2) is 9.58. The molecule has 33 heavy (non-hydrogen) atoms. The van der Waals surface area contributed by atoms with Gasteiger partial charge in [0.1, 0.15) is 28.8 Å². The van der Waals surface area contributed by atoms with E-state index < -0.39 is 60.3 Å². The van der Waals surface area contributed by atoms with Crippen LogP contribution in [0.5, 0.6) is 0 Å². The smallest absolute Gasteiger partial charge is 0.249 e. The van der Waals surface area contributed by atoms with Gasteiger partial charge in [0.15, 0.2) is 0 Å². The Morgan fingerprint density at radius 3 is 2.45 bits per heavy atom. The van der Waals surface area contributed by atoms with Gasteiger partial charge in [-0.15, -0.1) is 11.8 Å². The number of rotatable bonds is 7. The van der Waals surface area contributed by atoms with E-state index in [0.717, 1.165) is 12.2 Å². The molecule has 0 aromatic rings. The number of aliphatic hydroxyl groups is 4. The summed E-state index contributed by atoms with van der Waals surface area (Å²) in [4.78, 5) is 4.33. The van der Waals surface area contributed by atoms with Crippen LogP contribution in [-0.2, 0) is 14.2 Å². The monoisotopic (exact) mass is 490 g/mol. The van der Waals surface area contributed by atoms with E-state index in [1.807, 2.05) is 6.21 Å². The first-order chi connectivity index (χ1) is 15.6. The first-order valence-electron chi connectivity index (χ1n) is 11.6. The molecule has 1 saturated carbocycles. The molecule has 11 unspecified atom stereocenters. The van der Waals surface area contributed by atoms with Gasteiger partial charge in [0.2, 0.25) is 12.1 Å². The van der Waals surface area contributed by atoms with Gasteiger partial charge >= 0.3 is 0 Å². The predicted molar refractivity (Wildman–Crippen MR) is 123 cm³/mol. The highest BCUT2D eigenvalue weighted by Crippen LogP contribution is 2.46. The summed E-state index contributed by atoms with van der Waals surface area (Å²) in [6.45, 7) is 4.50. The number of nitrogens with one attached hydrogen (secondary N) is 3. The maximum Gasteiger partial charge on any atom is 0.249 e. The Kier molecular flexibility index (Phi) is 7.46. The van der Waals surface area contributed by atoms with Crippen LogP contribution in [-0.4, -0.2) is 125 Å². The van der Waals surface area contributed by atoms with Crippen molar-refractivity contribution in [3.8, 4) is 0 Å². The summed E-state index contributed by atoms with van der Waals surface area (Å²) < 4.78 is 18.0. The molecule has 12 heteroatoms. The fourth-order valence-corrected chi connectivity index (χ4v) is 6.37. The Balaban J connectivity index is 1.51. The Morgan fingerprint density at radius 2 is 1.82 bits per heavy atom. The van der Waals surface area contributed by atoms with Crippen molar-refractivity contribution in [1.29, 1.82) is 0 Å². The summed E-state index contributed by atoms with van der Waals surface area (Å²) in [5.41, 5.74) is -1.72. The van der Waals surface area contributed by atoms with Gasteiger partial charge in [0.05, 0.1) is 24.3 Å². The summed E-state index contributed by atoms with van der Waals surface area (Å²) in [6.07, 6.45) is -2.84. The number of nitrogens with zero attached hydrogens (tertiary/aromatic N) is 1. The number of hydrogen-bond donors (Lipinski definition) is 7. The molecule has 0 aromatic heterocycles.